The lowest BCUT2D eigenvalue weighted by Gasteiger charge is -2.08. The van der Waals surface area contributed by atoms with Gasteiger partial charge in [-0.25, -0.2) is 4.39 Å². The van der Waals surface area contributed by atoms with Crippen molar-refractivity contribution in [2.75, 3.05) is 12.4 Å². The maximum atomic E-state index is 13.8. The lowest BCUT2D eigenvalue weighted by atomic mass is 10.2. The third-order valence-electron chi connectivity index (χ3n) is 3.37. The summed E-state index contributed by atoms with van der Waals surface area (Å²) in [5.41, 5.74) is 0.478. The van der Waals surface area contributed by atoms with Crippen LogP contribution in [0.5, 0.6) is 0 Å². The number of hydrogen-bond acceptors (Lipinski definition) is 4. The number of rotatable bonds is 4. The molecule has 1 unspecified atom stereocenters. The second kappa shape index (κ2) is 5.93. The van der Waals surface area contributed by atoms with E-state index in [0.29, 0.717) is 17.5 Å². The normalized spacial score (nSPS) is 18.6. The average molecular weight is 293 g/mol. The fourth-order valence-electron chi connectivity index (χ4n) is 2.26. The molecular formula is C14H16FN3OS. The molecule has 2 heterocycles. The molecule has 1 aromatic heterocycles. The largest absolute Gasteiger partial charge is 0.377 e. The minimum Gasteiger partial charge on any atom is -0.377 e. The van der Waals surface area contributed by atoms with Gasteiger partial charge in [0.05, 0.1) is 11.7 Å². The van der Waals surface area contributed by atoms with Gasteiger partial charge in [-0.3, -0.25) is 0 Å². The van der Waals surface area contributed by atoms with Crippen molar-refractivity contribution in [2.24, 2.45) is 7.05 Å². The van der Waals surface area contributed by atoms with Gasteiger partial charge >= 0.3 is 0 Å². The highest BCUT2D eigenvalue weighted by atomic mass is 32.2. The maximum Gasteiger partial charge on any atom is 0.191 e. The molecule has 0 saturated carbocycles. The quantitative estimate of drug-likeness (QED) is 0.813. The van der Waals surface area contributed by atoms with Crippen LogP contribution in [0.1, 0.15) is 12.8 Å². The number of halogens is 1. The van der Waals surface area contributed by atoms with Crippen molar-refractivity contribution >= 4 is 11.8 Å². The standard InChI is InChI=1S/C14H16FN3OS/c1-18-13(11-6-2-3-7-12(11)15)16-17-14(18)20-9-10-5-4-8-19-10/h2-3,6-7,10H,4-5,8-9H2,1H3. The molecule has 0 radical (unpaired) electrons. The number of nitrogens with zero attached hydrogens (tertiary/aromatic N) is 3. The first kappa shape index (κ1) is 13.6. The number of aromatic nitrogens is 3. The monoisotopic (exact) mass is 293 g/mol. The Kier molecular flexibility index (Phi) is 4.03. The van der Waals surface area contributed by atoms with E-state index in [1.165, 1.54) is 6.07 Å². The molecule has 6 heteroatoms. The van der Waals surface area contributed by atoms with Crippen LogP contribution in [0.25, 0.3) is 11.4 Å². The molecule has 1 aromatic carbocycles. The van der Waals surface area contributed by atoms with Gasteiger partial charge in [-0.15, -0.1) is 10.2 Å². The molecule has 1 fully saturated rings. The third kappa shape index (κ3) is 2.71. The molecular weight excluding hydrogens is 277 g/mol. The second-order valence-electron chi connectivity index (χ2n) is 4.79. The Labute approximate surface area is 121 Å². The van der Waals surface area contributed by atoms with Crippen molar-refractivity contribution in [3.05, 3.63) is 30.1 Å². The predicted molar refractivity (Wildman–Crippen MR) is 76.1 cm³/mol. The predicted octanol–water partition coefficient (Wildman–Crippen LogP) is 2.89. The summed E-state index contributed by atoms with van der Waals surface area (Å²) in [6, 6.07) is 6.62. The van der Waals surface area contributed by atoms with Crippen molar-refractivity contribution in [1.29, 1.82) is 0 Å². The fraction of sp³-hybridized carbons (Fsp3) is 0.429. The topological polar surface area (TPSA) is 39.9 Å². The van der Waals surface area contributed by atoms with E-state index in [2.05, 4.69) is 10.2 Å². The van der Waals surface area contributed by atoms with Crippen molar-refractivity contribution in [2.45, 2.75) is 24.1 Å². The van der Waals surface area contributed by atoms with Gasteiger partial charge in [0.15, 0.2) is 11.0 Å². The molecule has 0 N–H and O–H groups in total. The minimum absolute atomic E-state index is 0.279. The third-order valence-corrected chi connectivity index (χ3v) is 4.52. The first-order valence-electron chi connectivity index (χ1n) is 6.64. The first-order chi connectivity index (χ1) is 9.75. The fourth-order valence-corrected chi connectivity index (χ4v) is 3.24. The van der Waals surface area contributed by atoms with Crippen LogP contribution in [0.4, 0.5) is 4.39 Å². The average Bonchev–Trinajstić information content (AvgIpc) is 3.07. The van der Waals surface area contributed by atoms with E-state index in [4.69, 9.17) is 4.74 Å². The van der Waals surface area contributed by atoms with E-state index >= 15 is 0 Å². The lowest BCUT2D eigenvalue weighted by molar-refractivity contribution is 0.129. The minimum atomic E-state index is -0.279. The first-order valence-corrected chi connectivity index (χ1v) is 7.63. The molecule has 3 rings (SSSR count). The van der Waals surface area contributed by atoms with Gasteiger partial charge in [-0.2, -0.15) is 0 Å². The summed E-state index contributed by atoms with van der Waals surface area (Å²) in [6.45, 7) is 0.852. The van der Waals surface area contributed by atoms with E-state index in [-0.39, 0.29) is 5.82 Å². The molecule has 0 bridgehead atoms. The van der Waals surface area contributed by atoms with Crippen LogP contribution in [0.3, 0.4) is 0 Å². The van der Waals surface area contributed by atoms with Crippen LogP contribution < -0.4 is 0 Å². The van der Waals surface area contributed by atoms with E-state index < -0.39 is 0 Å². The van der Waals surface area contributed by atoms with Gasteiger partial charge in [0.2, 0.25) is 0 Å². The second-order valence-corrected chi connectivity index (χ2v) is 5.78. The number of hydrogen-bond donors (Lipinski definition) is 0. The molecule has 0 amide bonds. The molecule has 1 atom stereocenters. The molecule has 0 spiro atoms. The molecule has 1 aliphatic heterocycles. The molecule has 1 saturated heterocycles. The Hall–Kier alpha value is -1.40. The van der Waals surface area contributed by atoms with Gasteiger partial charge in [-0.05, 0) is 25.0 Å². The molecule has 106 valence electrons. The van der Waals surface area contributed by atoms with Crippen molar-refractivity contribution in [1.82, 2.24) is 14.8 Å². The zero-order valence-electron chi connectivity index (χ0n) is 11.3. The van der Waals surface area contributed by atoms with Crippen molar-refractivity contribution < 1.29 is 9.13 Å². The summed E-state index contributed by atoms with van der Waals surface area (Å²) in [5, 5.41) is 9.04. The summed E-state index contributed by atoms with van der Waals surface area (Å²) in [4.78, 5) is 0. The summed E-state index contributed by atoms with van der Waals surface area (Å²) in [6.07, 6.45) is 2.53. The van der Waals surface area contributed by atoms with Gasteiger partial charge in [0.25, 0.3) is 0 Å². The highest BCUT2D eigenvalue weighted by Crippen LogP contribution is 2.26. The van der Waals surface area contributed by atoms with E-state index in [1.807, 2.05) is 11.6 Å². The Morgan fingerprint density at radius 3 is 3.00 bits per heavy atom. The van der Waals surface area contributed by atoms with Gasteiger partial charge in [0.1, 0.15) is 5.82 Å². The Balaban J connectivity index is 1.76. The van der Waals surface area contributed by atoms with Crippen molar-refractivity contribution in [3.8, 4) is 11.4 Å². The van der Waals surface area contributed by atoms with Crippen molar-refractivity contribution in [3.63, 3.8) is 0 Å². The van der Waals surface area contributed by atoms with Gasteiger partial charge < -0.3 is 9.30 Å². The summed E-state index contributed by atoms with van der Waals surface area (Å²) in [7, 11) is 1.86. The van der Waals surface area contributed by atoms with E-state index in [0.717, 1.165) is 30.4 Å². The molecule has 20 heavy (non-hydrogen) atoms. The van der Waals surface area contributed by atoms with Crippen LogP contribution in [0.15, 0.2) is 29.4 Å². The molecule has 1 aliphatic rings. The van der Waals surface area contributed by atoms with Crippen LogP contribution >= 0.6 is 11.8 Å². The highest BCUT2D eigenvalue weighted by molar-refractivity contribution is 7.99. The van der Waals surface area contributed by atoms with Crippen LogP contribution in [-0.2, 0) is 11.8 Å². The number of thioether (sulfide) groups is 1. The summed E-state index contributed by atoms with van der Waals surface area (Å²) >= 11 is 1.61. The number of ether oxygens (including phenoxy) is 1. The zero-order valence-corrected chi connectivity index (χ0v) is 12.1. The van der Waals surface area contributed by atoms with Crippen LogP contribution in [0, 0.1) is 5.82 Å². The van der Waals surface area contributed by atoms with E-state index in [9.17, 15) is 4.39 Å². The smallest absolute Gasteiger partial charge is 0.191 e. The van der Waals surface area contributed by atoms with E-state index in [1.54, 1.807) is 30.0 Å². The molecule has 4 nitrogen and oxygen atoms in total. The zero-order chi connectivity index (χ0) is 13.9. The number of benzene rings is 1. The molecule has 0 aliphatic carbocycles. The highest BCUT2D eigenvalue weighted by Gasteiger charge is 2.19. The lowest BCUT2D eigenvalue weighted by Crippen LogP contribution is -2.08. The summed E-state index contributed by atoms with van der Waals surface area (Å²) in [5.74, 6) is 1.14. The van der Waals surface area contributed by atoms with Gasteiger partial charge in [0, 0.05) is 19.4 Å². The Morgan fingerprint density at radius 1 is 1.40 bits per heavy atom. The molecule has 2 aromatic rings. The Bertz CT molecular complexity index is 596. The van der Waals surface area contributed by atoms with Crippen LogP contribution in [0.2, 0.25) is 0 Å². The van der Waals surface area contributed by atoms with Gasteiger partial charge in [-0.1, -0.05) is 23.9 Å². The maximum absolute atomic E-state index is 13.8. The van der Waals surface area contributed by atoms with Crippen LogP contribution in [-0.4, -0.2) is 33.2 Å². The summed E-state index contributed by atoms with van der Waals surface area (Å²) < 4.78 is 21.2. The SMILES string of the molecule is Cn1c(SCC2CCCO2)nnc1-c1ccccc1F. The Morgan fingerprint density at radius 2 is 2.25 bits per heavy atom.